The molecule has 4 nitrogen and oxygen atoms in total. The number of rotatable bonds is 13. The molecular weight excluding hydrogens is 650 g/mol. The van der Waals surface area contributed by atoms with Gasteiger partial charge in [-0.25, -0.2) is 0 Å². The molecule has 0 aliphatic heterocycles. The molecule has 0 unspecified atom stereocenters. The molecule has 2 rings (SSSR count). The Morgan fingerprint density at radius 3 is 1.05 bits per heavy atom. The fourth-order valence-corrected chi connectivity index (χ4v) is 4.54. The molecule has 0 radical (unpaired) electrons. The van der Waals surface area contributed by atoms with E-state index < -0.39 is 18.2 Å². The van der Waals surface area contributed by atoms with Gasteiger partial charge < -0.3 is 20.9 Å². The summed E-state index contributed by atoms with van der Waals surface area (Å²) in [6, 6.07) is 13.3. The first kappa shape index (κ1) is 40.7. The van der Waals surface area contributed by atoms with E-state index in [2.05, 4.69) is 130 Å². The van der Waals surface area contributed by atoms with Gasteiger partial charge in [0.05, 0.1) is 0 Å². The first-order valence-corrected chi connectivity index (χ1v) is 24.7. The van der Waals surface area contributed by atoms with E-state index in [1.54, 1.807) is 0 Å². The first-order chi connectivity index (χ1) is 19.3. The Morgan fingerprint density at radius 2 is 0.878 bits per heavy atom. The first-order valence-electron chi connectivity index (χ1n) is 15.2. The summed E-state index contributed by atoms with van der Waals surface area (Å²) in [4.78, 5) is 2.36. The second kappa shape index (κ2) is 22.3. The van der Waals surface area contributed by atoms with Crippen LogP contribution in [0.1, 0.15) is 129 Å². The van der Waals surface area contributed by atoms with Crippen molar-refractivity contribution in [1.29, 1.82) is 0 Å². The molecule has 235 valence electrons. The van der Waals surface area contributed by atoms with Crippen molar-refractivity contribution in [1.82, 2.24) is 10.2 Å². The molecule has 0 fully saturated rings. The van der Waals surface area contributed by atoms with Gasteiger partial charge in [0.1, 0.15) is 0 Å². The number of benzene rings is 2. The summed E-state index contributed by atoms with van der Waals surface area (Å²) >= 11 is -2.13. The molecule has 0 atom stereocenters. The Kier molecular flexibility index (Phi) is 22.1. The maximum atomic E-state index is 5.40. The summed E-state index contributed by atoms with van der Waals surface area (Å²) in [5.41, 5.74) is 7.50. The molecule has 0 aliphatic rings. The zero-order valence-corrected chi connectivity index (χ0v) is 32.4. The molecular formula is C33H56Cl3N4Zr-2. The number of nitrogens with one attached hydrogen (secondary N) is 1. The van der Waals surface area contributed by atoms with Crippen molar-refractivity contribution in [3.05, 3.63) is 69.3 Å². The van der Waals surface area contributed by atoms with Crippen LogP contribution in [-0.4, -0.2) is 37.4 Å². The molecule has 0 amide bonds. The predicted octanol–water partition coefficient (Wildman–Crippen LogP) is 12.2. The van der Waals surface area contributed by atoms with E-state index in [0.717, 1.165) is 37.6 Å². The summed E-state index contributed by atoms with van der Waals surface area (Å²) in [7, 11) is 15.0. The van der Waals surface area contributed by atoms with Gasteiger partial charge in [0.25, 0.3) is 0 Å². The van der Waals surface area contributed by atoms with Crippen LogP contribution in [0, 0.1) is 0 Å². The van der Waals surface area contributed by atoms with Gasteiger partial charge in [0.15, 0.2) is 0 Å². The molecule has 0 saturated heterocycles. The predicted molar refractivity (Wildman–Crippen MR) is 184 cm³/mol. The number of halogens is 3. The molecule has 0 aliphatic carbocycles. The molecule has 0 bridgehead atoms. The average molecular weight is 706 g/mol. The Labute approximate surface area is 272 Å². The van der Waals surface area contributed by atoms with E-state index >= 15 is 0 Å². The monoisotopic (exact) mass is 703 g/mol. The Bertz CT molecular complexity index is 841. The SMILES string of the molecule is CCN(CC)C([N-]c1c(C(C)C)cccc1C(C)C)[N-]c1c(C(C)C)cccc1C(C)C.CCNCC.[Cl][Zr]([Cl])[Cl]. The van der Waals surface area contributed by atoms with Gasteiger partial charge in [0, 0.05) is 0 Å². The van der Waals surface area contributed by atoms with Crippen LogP contribution in [0.3, 0.4) is 0 Å². The van der Waals surface area contributed by atoms with Crippen LogP contribution in [-0.2, 0) is 18.2 Å². The van der Waals surface area contributed by atoms with E-state index in [0.29, 0.717) is 23.7 Å². The van der Waals surface area contributed by atoms with Gasteiger partial charge in [-0.15, -0.1) is 17.7 Å². The van der Waals surface area contributed by atoms with E-state index in [9.17, 15) is 0 Å². The van der Waals surface area contributed by atoms with Crippen molar-refractivity contribution in [3.63, 3.8) is 0 Å². The van der Waals surface area contributed by atoms with Crippen molar-refractivity contribution >= 4 is 36.9 Å². The van der Waals surface area contributed by atoms with Crippen molar-refractivity contribution in [3.8, 4) is 0 Å². The van der Waals surface area contributed by atoms with Crippen LogP contribution >= 0.6 is 25.5 Å². The molecule has 41 heavy (non-hydrogen) atoms. The van der Waals surface area contributed by atoms with E-state index in [-0.39, 0.29) is 6.29 Å². The normalized spacial score (nSPS) is 11.1. The molecule has 0 heterocycles. The molecule has 2 aromatic rings. The number of para-hydroxylation sites is 2. The van der Waals surface area contributed by atoms with E-state index in [4.69, 9.17) is 36.2 Å². The minimum atomic E-state index is -2.13. The zero-order valence-electron chi connectivity index (χ0n) is 27.7. The Hall–Kier alpha value is -0.287. The summed E-state index contributed by atoms with van der Waals surface area (Å²) in [6.45, 7) is 30.7. The summed E-state index contributed by atoms with van der Waals surface area (Å²) < 4.78 is 0. The molecule has 1 N–H and O–H groups in total. The topological polar surface area (TPSA) is 43.5 Å². The fraction of sp³-hybridized carbons (Fsp3) is 0.636. The molecule has 8 heteroatoms. The Balaban J connectivity index is 0.00000154. The fourth-order valence-electron chi connectivity index (χ4n) is 4.54. The van der Waals surface area contributed by atoms with E-state index in [1.807, 2.05) is 0 Å². The van der Waals surface area contributed by atoms with Crippen LogP contribution < -0.4 is 5.32 Å². The third-order valence-corrected chi connectivity index (χ3v) is 6.81. The third kappa shape index (κ3) is 14.8. The molecule has 0 spiro atoms. The third-order valence-electron chi connectivity index (χ3n) is 6.81. The minimum absolute atomic E-state index is 0.236. The van der Waals surface area contributed by atoms with Crippen molar-refractivity contribution in [2.24, 2.45) is 0 Å². The van der Waals surface area contributed by atoms with Crippen LogP contribution in [0.5, 0.6) is 0 Å². The molecule has 0 saturated carbocycles. The summed E-state index contributed by atoms with van der Waals surface area (Å²) in [6.07, 6.45) is -0.236. The van der Waals surface area contributed by atoms with Gasteiger partial charge in [-0.2, -0.15) is 0 Å². The van der Waals surface area contributed by atoms with Gasteiger partial charge in [-0.05, 0) is 49.9 Å². The van der Waals surface area contributed by atoms with Crippen molar-refractivity contribution in [2.75, 3.05) is 26.2 Å². The van der Waals surface area contributed by atoms with Gasteiger partial charge in [0.2, 0.25) is 0 Å². The van der Waals surface area contributed by atoms with Gasteiger partial charge >= 0.3 is 43.7 Å². The number of hydrogen-bond acceptors (Lipinski definition) is 2. The number of nitrogens with zero attached hydrogens (tertiary/aromatic N) is 3. The molecule has 0 aromatic heterocycles. The average Bonchev–Trinajstić information content (AvgIpc) is 2.89. The maximum absolute atomic E-state index is 5.40. The van der Waals surface area contributed by atoms with Crippen LogP contribution in [0.4, 0.5) is 11.4 Å². The molecule has 2 aromatic carbocycles. The van der Waals surface area contributed by atoms with Crippen LogP contribution in [0.25, 0.3) is 10.6 Å². The number of hydrogen-bond donors (Lipinski definition) is 1. The zero-order chi connectivity index (χ0) is 31.7. The second-order valence-electron chi connectivity index (χ2n) is 11.2. The Morgan fingerprint density at radius 1 is 0.610 bits per heavy atom. The van der Waals surface area contributed by atoms with E-state index in [1.165, 1.54) is 22.3 Å². The van der Waals surface area contributed by atoms with Gasteiger partial charge in [-0.3, -0.25) is 0 Å². The summed E-state index contributed by atoms with van der Waals surface area (Å²) in [5, 5.41) is 13.9. The van der Waals surface area contributed by atoms with Crippen LogP contribution in [0.2, 0.25) is 0 Å². The quantitative estimate of drug-likeness (QED) is 0.225. The second-order valence-corrected chi connectivity index (χ2v) is 22.4. The van der Waals surface area contributed by atoms with Crippen LogP contribution in [0.15, 0.2) is 36.4 Å². The summed E-state index contributed by atoms with van der Waals surface area (Å²) in [5.74, 6) is 1.66. The van der Waals surface area contributed by atoms with Crippen molar-refractivity contribution < 1.29 is 18.2 Å². The van der Waals surface area contributed by atoms with Crippen molar-refractivity contribution in [2.45, 2.75) is 113 Å². The standard InChI is InChI=1S/C29H45N3.C4H11N.3ClH.Zr/c1-11-32(12-2)29(30-27-23(19(3)4)15-13-16-24(27)20(5)6)31-28-25(21(7)8)17-14-18-26(28)22(9)10;1-3-5-4-2;;;;/h13-22,29H,11-12H2,1-10H3;5H,3-4H2,1-2H3;3*1H;/q-2;;;;;+3/p-3. The van der Waals surface area contributed by atoms with Gasteiger partial charge in [-0.1, -0.05) is 142 Å².